The first-order valence-electron chi connectivity index (χ1n) is 5.88. The van der Waals surface area contributed by atoms with Crippen LogP contribution in [0, 0.1) is 5.92 Å². The van der Waals surface area contributed by atoms with Gasteiger partial charge in [-0.25, -0.2) is 0 Å². The van der Waals surface area contributed by atoms with Crippen molar-refractivity contribution in [3.63, 3.8) is 0 Å². The van der Waals surface area contributed by atoms with Crippen LogP contribution in [-0.4, -0.2) is 13.1 Å². The fraction of sp³-hybridized carbons (Fsp3) is 0.538. The van der Waals surface area contributed by atoms with Gasteiger partial charge in [-0.1, -0.05) is 31.9 Å². The summed E-state index contributed by atoms with van der Waals surface area (Å²) < 4.78 is 0. The molecule has 0 bridgehead atoms. The quantitative estimate of drug-likeness (QED) is 0.794. The molecule has 0 aliphatic heterocycles. The summed E-state index contributed by atoms with van der Waals surface area (Å²) in [5.74, 6) is 0.665. The molecule has 0 saturated carbocycles. The Bertz CT molecular complexity index is 339. The van der Waals surface area contributed by atoms with Crippen LogP contribution in [0.25, 0.3) is 0 Å². The standard InChI is InChI=1S/C13H21ClN2/c1-4-10(3)9-16(5-2)13-8-11(14)6-7-12(13)15/h6-8,10H,4-5,9,15H2,1-3H3. The van der Waals surface area contributed by atoms with Gasteiger partial charge < -0.3 is 10.6 Å². The zero-order chi connectivity index (χ0) is 12.1. The molecule has 0 saturated heterocycles. The normalized spacial score (nSPS) is 12.5. The third-order valence-corrected chi connectivity index (χ3v) is 3.18. The zero-order valence-corrected chi connectivity index (χ0v) is 11.1. The summed E-state index contributed by atoms with van der Waals surface area (Å²) in [4.78, 5) is 2.29. The van der Waals surface area contributed by atoms with Gasteiger partial charge in [-0.05, 0) is 31.0 Å². The van der Waals surface area contributed by atoms with Crippen LogP contribution in [0.1, 0.15) is 27.2 Å². The van der Waals surface area contributed by atoms with Crippen LogP contribution in [-0.2, 0) is 0 Å². The fourth-order valence-corrected chi connectivity index (χ4v) is 1.86. The van der Waals surface area contributed by atoms with Gasteiger partial charge >= 0.3 is 0 Å². The van der Waals surface area contributed by atoms with Crippen molar-refractivity contribution in [1.29, 1.82) is 0 Å². The minimum absolute atomic E-state index is 0.665. The van der Waals surface area contributed by atoms with E-state index < -0.39 is 0 Å². The summed E-state index contributed by atoms with van der Waals surface area (Å²) in [6, 6.07) is 5.65. The Balaban J connectivity index is 2.89. The third kappa shape index (κ3) is 3.31. The van der Waals surface area contributed by atoms with E-state index in [9.17, 15) is 0 Å². The maximum absolute atomic E-state index is 6.01. The average molecular weight is 241 g/mol. The summed E-state index contributed by atoms with van der Waals surface area (Å²) >= 11 is 6.01. The highest BCUT2D eigenvalue weighted by Crippen LogP contribution is 2.27. The number of hydrogen-bond donors (Lipinski definition) is 1. The lowest BCUT2D eigenvalue weighted by Gasteiger charge is -2.27. The topological polar surface area (TPSA) is 29.3 Å². The predicted molar refractivity (Wildman–Crippen MR) is 73.2 cm³/mol. The molecule has 90 valence electrons. The summed E-state index contributed by atoms with van der Waals surface area (Å²) in [5, 5.41) is 0.742. The van der Waals surface area contributed by atoms with E-state index >= 15 is 0 Å². The van der Waals surface area contributed by atoms with Gasteiger partial charge in [0, 0.05) is 18.1 Å². The molecule has 2 nitrogen and oxygen atoms in total. The molecule has 1 unspecified atom stereocenters. The molecule has 3 heteroatoms. The summed E-state index contributed by atoms with van der Waals surface area (Å²) in [6.07, 6.45) is 1.18. The van der Waals surface area contributed by atoms with E-state index in [2.05, 4.69) is 25.7 Å². The maximum atomic E-state index is 6.01. The first kappa shape index (κ1) is 13.2. The first-order chi connectivity index (χ1) is 7.58. The van der Waals surface area contributed by atoms with Crippen LogP contribution in [0.4, 0.5) is 11.4 Å². The van der Waals surface area contributed by atoms with Crippen molar-refractivity contribution in [1.82, 2.24) is 0 Å². The van der Waals surface area contributed by atoms with E-state index in [4.69, 9.17) is 17.3 Å². The second-order valence-corrected chi connectivity index (χ2v) is 4.69. The van der Waals surface area contributed by atoms with E-state index in [0.29, 0.717) is 5.92 Å². The molecular weight excluding hydrogens is 220 g/mol. The van der Waals surface area contributed by atoms with Crippen LogP contribution >= 0.6 is 11.6 Å². The monoisotopic (exact) mass is 240 g/mol. The molecule has 0 fully saturated rings. The van der Waals surface area contributed by atoms with Gasteiger partial charge in [0.05, 0.1) is 11.4 Å². The molecule has 0 aliphatic rings. The van der Waals surface area contributed by atoms with Gasteiger partial charge in [0.1, 0.15) is 0 Å². The van der Waals surface area contributed by atoms with Gasteiger partial charge in [0.2, 0.25) is 0 Å². The van der Waals surface area contributed by atoms with Crippen LogP contribution < -0.4 is 10.6 Å². The Morgan fingerprint density at radius 3 is 2.62 bits per heavy atom. The molecular formula is C13H21ClN2. The summed E-state index contributed by atoms with van der Waals surface area (Å²) in [5.41, 5.74) is 7.83. The molecule has 1 rings (SSSR count). The number of halogens is 1. The maximum Gasteiger partial charge on any atom is 0.0614 e. The second kappa shape index (κ2) is 6.00. The fourth-order valence-electron chi connectivity index (χ4n) is 1.69. The van der Waals surface area contributed by atoms with Crippen molar-refractivity contribution in [3.8, 4) is 0 Å². The second-order valence-electron chi connectivity index (χ2n) is 4.26. The highest BCUT2D eigenvalue weighted by molar-refractivity contribution is 6.31. The lowest BCUT2D eigenvalue weighted by atomic mass is 10.1. The number of nitrogen functional groups attached to an aromatic ring is 1. The van der Waals surface area contributed by atoms with Gasteiger partial charge in [0.25, 0.3) is 0 Å². The van der Waals surface area contributed by atoms with Crippen molar-refractivity contribution in [2.45, 2.75) is 27.2 Å². The number of benzene rings is 1. The van der Waals surface area contributed by atoms with E-state index in [-0.39, 0.29) is 0 Å². The number of hydrogen-bond acceptors (Lipinski definition) is 2. The molecule has 1 aromatic rings. The predicted octanol–water partition coefficient (Wildman–Crippen LogP) is 3.79. The van der Waals surface area contributed by atoms with Gasteiger partial charge in [0.15, 0.2) is 0 Å². The largest absolute Gasteiger partial charge is 0.397 e. The molecule has 1 aromatic carbocycles. The highest BCUT2D eigenvalue weighted by atomic mass is 35.5. The molecule has 0 spiro atoms. The lowest BCUT2D eigenvalue weighted by molar-refractivity contribution is 0.548. The minimum Gasteiger partial charge on any atom is -0.397 e. The number of nitrogens with zero attached hydrogens (tertiary/aromatic N) is 1. The third-order valence-electron chi connectivity index (χ3n) is 2.94. The van der Waals surface area contributed by atoms with Crippen molar-refractivity contribution in [3.05, 3.63) is 23.2 Å². The Morgan fingerprint density at radius 1 is 1.38 bits per heavy atom. The number of rotatable bonds is 5. The van der Waals surface area contributed by atoms with Gasteiger partial charge in [-0.2, -0.15) is 0 Å². The van der Waals surface area contributed by atoms with Gasteiger partial charge in [-0.15, -0.1) is 0 Å². The van der Waals surface area contributed by atoms with Crippen LogP contribution in [0.3, 0.4) is 0 Å². The summed E-state index contributed by atoms with van der Waals surface area (Å²) in [7, 11) is 0. The SMILES string of the molecule is CCC(C)CN(CC)c1cc(Cl)ccc1N. The smallest absolute Gasteiger partial charge is 0.0614 e. The Kier molecular flexibility index (Phi) is 4.94. The first-order valence-corrected chi connectivity index (χ1v) is 6.26. The van der Waals surface area contributed by atoms with Crippen molar-refractivity contribution in [2.24, 2.45) is 5.92 Å². The molecule has 1 atom stereocenters. The molecule has 0 aromatic heterocycles. The van der Waals surface area contributed by atoms with Crippen molar-refractivity contribution in [2.75, 3.05) is 23.7 Å². The van der Waals surface area contributed by atoms with E-state index in [1.54, 1.807) is 0 Å². The Morgan fingerprint density at radius 2 is 2.06 bits per heavy atom. The summed E-state index contributed by atoms with van der Waals surface area (Å²) in [6.45, 7) is 8.58. The van der Waals surface area contributed by atoms with Gasteiger partial charge in [-0.3, -0.25) is 0 Å². The van der Waals surface area contributed by atoms with Crippen LogP contribution in [0.15, 0.2) is 18.2 Å². The lowest BCUT2D eigenvalue weighted by Crippen LogP contribution is -2.28. The Hall–Kier alpha value is -0.890. The average Bonchev–Trinajstić information content (AvgIpc) is 2.29. The van der Waals surface area contributed by atoms with E-state index in [1.165, 1.54) is 6.42 Å². The van der Waals surface area contributed by atoms with Crippen molar-refractivity contribution < 1.29 is 0 Å². The molecule has 0 heterocycles. The molecule has 0 radical (unpaired) electrons. The molecule has 16 heavy (non-hydrogen) atoms. The van der Waals surface area contributed by atoms with Crippen LogP contribution in [0.5, 0.6) is 0 Å². The minimum atomic E-state index is 0.665. The van der Waals surface area contributed by atoms with Crippen LogP contribution in [0.2, 0.25) is 5.02 Å². The number of nitrogens with two attached hydrogens (primary N) is 1. The molecule has 0 amide bonds. The Labute approximate surface area is 103 Å². The number of anilines is 2. The van der Waals surface area contributed by atoms with E-state index in [0.717, 1.165) is 29.5 Å². The van der Waals surface area contributed by atoms with Crippen molar-refractivity contribution >= 4 is 23.0 Å². The molecule has 0 aliphatic carbocycles. The zero-order valence-electron chi connectivity index (χ0n) is 10.3. The molecule has 2 N–H and O–H groups in total. The highest BCUT2D eigenvalue weighted by Gasteiger charge is 2.11. The van der Waals surface area contributed by atoms with E-state index in [1.807, 2.05) is 18.2 Å².